The van der Waals surface area contributed by atoms with Crippen LogP contribution in [0.3, 0.4) is 0 Å². The Bertz CT molecular complexity index is 876. The normalized spacial score (nSPS) is 15.7. The first-order valence-electron chi connectivity index (χ1n) is 8.31. The molecule has 24 heavy (non-hydrogen) atoms. The molecule has 0 aliphatic carbocycles. The van der Waals surface area contributed by atoms with Crippen molar-refractivity contribution in [1.82, 2.24) is 19.7 Å². The lowest BCUT2D eigenvalue weighted by Crippen LogP contribution is -2.29. The van der Waals surface area contributed by atoms with E-state index in [4.69, 9.17) is 4.74 Å². The molecule has 0 spiro atoms. The number of aromatic nitrogens is 3. The van der Waals surface area contributed by atoms with Crippen LogP contribution in [0.4, 0.5) is 0 Å². The van der Waals surface area contributed by atoms with Crippen LogP contribution in [-0.2, 0) is 6.54 Å². The molecule has 1 N–H and O–H groups in total. The topological polar surface area (TPSA) is 46.1 Å². The summed E-state index contributed by atoms with van der Waals surface area (Å²) in [6, 6.07) is 6.24. The Kier molecular flexibility index (Phi) is 3.86. The van der Waals surface area contributed by atoms with E-state index >= 15 is 0 Å². The maximum Gasteiger partial charge on any atom is 0.124 e. The number of nitrogens with one attached hydrogen (secondary N) is 1. The van der Waals surface area contributed by atoms with Crippen molar-refractivity contribution in [2.24, 2.45) is 0 Å². The van der Waals surface area contributed by atoms with E-state index in [1.54, 1.807) is 7.11 Å². The zero-order chi connectivity index (χ0) is 16.5. The van der Waals surface area contributed by atoms with Crippen molar-refractivity contribution >= 4 is 16.6 Å². The molecule has 1 aliphatic rings. The summed E-state index contributed by atoms with van der Waals surface area (Å²) >= 11 is 0. The van der Waals surface area contributed by atoms with Crippen LogP contribution in [0.15, 0.2) is 42.9 Å². The number of ether oxygens (including phenoxy) is 1. The molecule has 0 saturated carbocycles. The SMILES string of the molecule is COc1cc(C)c2[nH]ccc2c1CN1CC=C(n2cccn2)CC1. The van der Waals surface area contributed by atoms with E-state index in [2.05, 4.69) is 40.1 Å². The Morgan fingerprint density at radius 2 is 2.29 bits per heavy atom. The van der Waals surface area contributed by atoms with Crippen molar-refractivity contribution in [2.45, 2.75) is 19.9 Å². The minimum absolute atomic E-state index is 0.890. The van der Waals surface area contributed by atoms with Crippen LogP contribution in [0, 0.1) is 6.92 Å². The van der Waals surface area contributed by atoms with Gasteiger partial charge in [-0.05, 0) is 36.8 Å². The smallest absolute Gasteiger partial charge is 0.124 e. The van der Waals surface area contributed by atoms with Crippen LogP contribution in [0.5, 0.6) is 5.75 Å². The highest BCUT2D eigenvalue weighted by Crippen LogP contribution is 2.32. The molecule has 5 heteroatoms. The third-order valence-electron chi connectivity index (χ3n) is 4.78. The number of hydrogen-bond donors (Lipinski definition) is 1. The van der Waals surface area contributed by atoms with E-state index in [-0.39, 0.29) is 0 Å². The number of hydrogen-bond acceptors (Lipinski definition) is 3. The molecule has 1 aromatic carbocycles. The van der Waals surface area contributed by atoms with Crippen LogP contribution < -0.4 is 4.74 Å². The second-order valence-corrected chi connectivity index (χ2v) is 6.27. The Labute approximate surface area is 141 Å². The predicted molar refractivity (Wildman–Crippen MR) is 96.0 cm³/mol. The fourth-order valence-electron chi connectivity index (χ4n) is 3.50. The molecule has 0 fully saturated rings. The molecule has 5 nitrogen and oxygen atoms in total. The van der Waals surface area contributed by atoms with Gasteiger partial charge in [0, 0.05) is 66.8 Å². The van der Waals surface area contributed by atoms with Gasteiger partial charge < -0.3 is 9.72 Å². The number of H-pyrrole nitrogens is 1. The van der Waals surface area contributed by atoms with E-state index in [1.165, 1.54) is 27.7 Å². The maximum absolute atomic E-state index is 5.66. The maximum atomic E-state index is 5.66. The van der Waals surface area contributed by atoms with Gasteiger partial charge in [-0.2, -0.15) is 5.10 Å². The van der Waals surface area contributed by atoms with Gasteiger partial charge in [0.2, 0.25) is 0 Å². The van der Waals surface area contributed by atoms with Crippen molar-refractivity contribution in [3.63, 3.8) is 0 Å². The van der Waals surface area contributed by atoms with Gasteiger partial charge in [0.25, 0.3) is 0 Å². The molecule has 0 bridgehead atoms. The Balaban J connectivity index is 1.59. The lowest BCUT2D eigenvalue weighted by Gasteiger charge is -2.27. The molecule has 0 saturated heterocycles. The summed E-state index contributed by atoms with van der Waals surface area (Å²) in [6.07, 6.45) is 9.12. The third-order valence-corrected chi connectivity index (χ3v) is 4.78. The van der Waals surface area contributed by atoms with Gasteiger partial charge in [0.05, 0.1) is 7.11 Å². The summed E-state index contributed by atoms with van der Waals surface area (Å²) in [6.45, 7) is 4.96. The fourth-order valence-corrected chi connectivity index (χ4v) is 3.50. The summed E-state index contributed by atoms with van der Waals surface area (Å²) in [5, 5.41) is 5.58. The van der Waals surface area contributed by atoms with Gasteiger partial charge in [-0.3, -0.25) is 4.90 Å². The molecule has 4 rings (SSSR count). The summed E-state index contributed by atoms with van der Waals surface area (Å²) in [4.78, 5) is 5.80. The Morgan fingerprint density at radius 3 is 3.00 bits per heavy atom. The summed E-state index contributed by atoms with van der Waals surface area (Å²) in [7, 11) is 1.75. The molecule has 0 unspecified atom stereocenters. The molecule has 0 atom stereocenters. The summed E-state index contributed by atoms with van der Waals surface area (Å²) < 4.78 is 7.62. The van der Waals surface area contributed by atoms with Crippen LogP contribution in [-0.4, -0.2) is 39.9 Å². The number of methoxy groups -OCH3 is 1. The first-order chi connectivity index (χ1) is 11.8. The van der Waals surface area contributed by atoms with Crippen molar-refractivity contribution in [1.29, 1.82) is 0 Å². The fraction of sp³-hybridized carbons (Fsp3) is 0.316. The van der Waals surface area contributed by atoms with E-state index in [1.807, 2.05) is 29.3 Å². The molecular weight excluding hydrogens is 300 g/mol. The molecule has 0 radical (unpaired) electrons. The highest BCUT2D eigenvalue weighted by Gasteiger charge is 2.18. The first-order valence-corrected chi connectivity index (χ1v) is 8.31. The van der Waals surface area contributed by atoms with Crippen molar-refractivity contribution in [3.05, 3.63) is 54.0 Å². The highest BCUT2D eigenvalue weighted by atomic mass is 16.5. The Morgan fingerprint density at radius 1 is 1.38 bits per heavy atom. The minimum atomic E-state index is 0.890. The molecule has 3 heterocycles. The van der Waals surface area contributed by atoms with Gasteiger partial charge in [-0.25, -0.2) is 4.68 Å². The van der Waals surface area contributed by atoms with Crippen molar-refractivity contribution in [2.75, 3.05) is 20.2 Å². The zero-order valence-corrected chi connectivity index (χ0v) is 14.1. The number of benzene rings is 1. The first kappa shape index (κ1) is 15.0. The molecule has 2 aromatic heterocycles. The number of rotatable bonds is 4. The van der Waals surface area contributed by atoms with Gasteiger partial charge in [0.1, 0.15) is 5.75 Å². The predicted octanol–water partition coefficient (Wildman–Crippen LogP) is 3.43. The average Bonchev–Trinajstić information content (AvgIpc) is 3.29. The van der Waals surface area contributed by atoms with E-state index in [0.29, 0.717) is 0 Å². The Hall–Kier alpha value is -2.53. The monoisotopic (exact) mass is 322 g/mol. The highest BCUT2D eigenvalue weighted by molar-refractivity contribution is 5.88. The third kappa shape index (κ3) is 2.61. The van der Waals surface area contributed by atoms with E-state index in [0.717, 1.165) is 31.8 Å². The summed E-state index contributed by atoms with van der Waals surface area (Å²) in [5.41, 5.74) is 4.96. The molecular formula is C19H22N4O. The number of aromatic amines is 1. The molecule has 3 aromatic rings. The minimum Gasteiger partial charge on any atom is -0.496 e. The largest absolute Gasteiger partial charge is 0.496 e. The van der Waals surface area contributed by atoms with Gasteiger partial charge >= 0.3 is 0 Å². The van der Waals surface area contributed by atoms with Crippen LogP contribution in [0.25, 0.3) is 16.6 Å². The average molecular weight is 322 g/mol. The van der Waals surface area contributed by atoms with Crippen LogP contribution >= 0.6 is 0 Å². The van der Waals surface area contributed by atoms with E-state index < -0.39 is 0 Å². The molecule has 1 aliphatic heterocycles. The summed E-state index contributed by atoms with van der Waals surface area (Å²) in [5.74, 6) is 0.974. The number of nitrogens with zero attached hydrogens (tertiary/aromatic N) is 3. The lowest BCUT2D eigenvalue weighted by atomic mass is 10.0. The standard InChI is InChI=1S/C19H22N4O/c1-14-12-18(24-2)17(16-4-8-20-19(14)16)13-22-10-5-15(6-11-22)23-9-3-7-21-23/h3-5,7-9,12,20H,6,10-11,13H2,1-2H3. The van der Waals surface area contributed by atoms with Gasteiger partial charge in [-0.1, -0.05) is 0 Å². The van der Waals surface area contributed by atoms with Crippen molar-refractivity contribution in [3.8, 4) is 5.75 Å². The van der Waals surface area contributed by atoms with Gasteiger partial charge in [-0.15, -0.1) is 0 Å². The molecule has 124 valence electrons. The second kappa shape index (κ2) is 6.17. The second-order valence-electron chi connectivity index (χ2n) is 6.27. The number of fused-ring (bicyclic) bond motifs is 1. The van der Waals surface area contributed by atoms with Crippen LogP contribution in [0.1, 0.15) is 17.5 Å². The van der Waals surface area contributed by atoms with Gasteiger partial charge in [0.15, 0.2) is 0 Å². The van der Waals surface area contributed by atoms with Crippen LogP contribution in [0.2, 0.25) is 0 Å². The lowest BCUT2D eigenvalue weighted by molar-refractivity contribution is 0.286. The van der Waals surface area contributed by atoms with Crippen molar-refractivity contribution < 1.29 is 4.74 Å². The van der Waals surface area contributed by atoms with E-state index in [9.17, 15) is 0 Å². The molecule has 0 amide bonds. The quantitative estimate of drug-likeness (QED) is 0.800. The zero-order valence-electron chi connectivity index (χ0n) is 14.1. The number of aryl methyl sites for hydroxylation is 1.